The summed E-state index contributed by atoms with van der Waals surface area (Å²) in [5, 5.41) is 3.04. The maximum atomic E-state index is 14.0. The van der Waals surface area contributed by atoms with Gasteiger partial charge in [0.2, 0.25) is 34.8 Å². The van der Waals surface area contributed by atoms with Crippen molar-refractivity contribution in [2.24, 2.45) is 0 Å². The van der Waals surface area contributed by atoms with Crippen molar-refractivity contribution < 1.29 is 41.0 Å². The summed E-state index contributed by atoms with van der Waals surface area (Å²) in [6.45, 7) is 3.47. The SMILES string of the molecule is COc1cc(OC)cc(C(C)(C)NC(CCSC)C(=O)Oc2c(F)c(F)c(F)c(F)c2F)c1. The van der Waals surface area contributed by atoms with E-state index in [-0.39, 0.29) is 6.42 Å². The molecule has 5 nitrogen and oxygen atoms in total. The summed E-state index contributed by atoms with van der Waals surface area (Å²) < 4.78 is 83.5. The van der Waals surface area contributed by atoms with Crippen molar-refractivity contribution in [2.75, 3.05) is 26.2 Å². The highest BCUT2D eigenvalue weighted by Gasteiger charge is 2.33. The number of nitrogens with one attached hydrogen (secondary N) is 1. The van der Waals surface area contributed by atoms with Gasteiger partial charge in [0.15, 0.2) is 0 Å². The summed E-state index contributed by atoms with van der Waals surface area (Å²) in [6.07, 6.45) is 1.93. The highest BCUT2D eigenvalue weighted by Crippen LogP contribution is 2.32. The zero-order valence-corrected chi connectivity index (χ0v) is 19.5. The first-order chi connectivity index (χ1) is 15.5. The fourth-order valence-electron chi connectivity index (χ4n) is 3.02. The first kappa shape index (κ1) is 26.7. The lowest BCUT2D eigenvalue weighted by Gasteiger charge is -2.32. The van der Waals surface area contributed by atoms with Gasteiger partial charge in [-0.1, -0.05) is 0 Å². The second kappa shape index (κ2) is 11.1. The predicted octanol–water partition coefficient (Wildman–Crippen LogP) is 4.95. The third kappa shape index (κ3) is 6.08. The maximum Gasteiger partial charge on any atom is 0.328 e. The fourth-order valence-corrected chi connectivity index (χ4v) is 3.49. The number of thioether (sulfide) groups is 1. The molecule has 0 spiro atoms. The molecule has 0 saturated heterocycles. The van der Waals surface area contributed by atoms with E-state index in [0.717, 1.165) is 0 Å². The van der Waals surface area contributed by atoms with Gasteiger partial charge in [0.25, 0.3) is 0 Å². The van der Waals surface area contributed by atoms with Gasteiger partial charge < -0.3 is 14.2 Å². The van der Waals surface area contributed by atoms with Gasteiger partial charge in [-0.15, -0.1) is 0 Å². The minimum atomic E-state index is -2.34. The van der Waals surface area contributed by atoms with Gasteiger partial charge in [0.1, 0.15) is 17.5 Å². The molecule has 0 radical (unpaired) electrons. The monoisotopic (exact) mass is 493 g/mol. The van der Waals surface area contributed by atoms with E-state index in [2.05, 4.69) is 10.1 Å². The highest BCUT2D eigenvalue weighted by molar-refractivity contribution is 7.98. The van der Waals surface area contributed by atoms with E-state index in [1.807, 2.05) is 0 Å². The van der Waals surface area contributed by atoms with E-state index in [0.29, 0.717) is 22.8 Å². The Labute approximate surface area is 192 Å². The quantitative estimate of drug-likeness (QED) is 0.166. The maximum absolute atomic E-state index is 14.0. The Kier molecular flexibility index (Phi) is 8.96. The van der Waals surface area contributed by atoms with Crippen molar-refractivity contribution in [3.63, 3.8) is 0 Å². The normalized spacial score (nSPS) is 12.4. The minimum Gasteiger partial charge on any atom is -0.497 e. The molecule has 0 bridgehead atoms. The van der Waals surface area contributed by atoms with E-state index in [1.165, 1.54) is 26.0 Å². The number of methoxy groups -OCH3 is 2. The minimum absolute atomic E-state index is 0.153. The molecular formula is C22H24F5NO4S. The molecule has 1 atom stereocenters. The molecule has 0 fully saturated rings. The lowest BCUT2D eigenvalue weighted by Crippen LogP contribution is -2.49. The first-order valence-electron chi connectivity index (χ1n) is 9.70. The third-order valence-corrected chi connectivity index (χ3v) is 5.52. The Morgan fingerprint density at radius 2 is 1.42 bits per heavy atom. The van der Waals surface area contributed by atoms with E-state index >= 15 is 0 Å². The Hall–Kier alpha value is -2.53. The average molecular weight is 493 g/mol. The van der Waals surface area contributed by atoms with Crippen LogP contribution >= 0.6 is 11.8 Å². The van der Waals surface area contributed by atoms with Crippen LogP contribution in [0.2, 0.25) is 0 Å². The molecule has 182 valence electrons. The molecule has 1 unspecified atom stereocenters. The van der Waals surface area contributed by atoms with E-state index in [9.17, 15) is 26.7 Å². The van der Waals surface area contributed by atoms with Crippen molar-refractivity contribution >= 4 is 17.7 Å². The Bertz CT molecular complexity index is 968. The third-order valence-electron chi connectivity index (χ3n) is 4.88. The molecular weight excluding hydrogens is 469 g/mol. The van der Waals surface area contributed by atoms with Gasteiger partial charge in [-0.05, 0) is 50.0 Å². The molecule has 0 aliphatic heterocycles. The van der Waals surface area contributed by atoms with Crippen molar-refractivity contribution in [1.82, 2.24) is 5.32 Å². The van der Waals surface area contributed by atoms with Crippen LogP contribution in [0.4, 0.5) is 22.0 Å². The molecule has 0 aliphatic carbocycles. The van der Waals surface area contributed by atoms with E-state index in [1.54, 1.807) is 38.3 Å². The summed E-state index contributed by atoms with van der Waals surface area (Å²) in [7, 11) is 2.95. The number of benzene rings is 2. The summed E-state index contributed by atoms with van der Waals surface area (Å²) in [4.78, 5) is 12.8. The predicted molar refractivity (Wildman–Crippen MR) is 114 cm³/mol. The standard InChI is InChI=1S/C22H24F5NO4S/c1-22(2,11-8-12(30-3)10-13(9-11)31-4)28-14(6-7-33-5)21(29)32-20-18(26)16(24)15(23)17(25)19(20)27/h8-10,14,28H,6-7H2,1-5H3. The van der Waals surface area contributed by atoms with Gasteiger partial charge in [0.05, 0.1) is 14.2 Å². The van der Waals surface area contributed by atoms with Gasteiger partial charge in [-0.3, -0.25) is 5.32 Å². The topological polar surface area (TPSA) is 56.8 Å². The van der Waals surface area contributed by atoms with Crippen LogP contribution in [-0.2, 0) is 10.3 Å². The number of carbonyl (C=O) groups excluding carboxylic acids is 1. The molecule has 33 heavy (non-hydrogen) atoms. The number of rotatable bonds is 10. The van der Waals surface area contributed by atoms with Crippen LogP contribution in [0.25, 0.3) is 0 Å². The molecule has 2 rings (SSSR count). The second-order valence-electron chi connectivity index (χ2n) is 7.52. The van der Waals surface area contributed by atoms with Gasteiger partial charge in [-0.2, -0.15) is 20.5 Å². The molecule has 0 aliphatic rings. The molecule has 0 heterocycles. The number of halogens is 5. The van der Waals surface area contributed by atoms with E-state index in [4.69, 9.17) is 9.47 Å². The lowest BCUT2D eigenvalue weighted by atomic mass is 9.92. The molecule has 0 saturated carbocycles. The lowest BCUT2D eigenvalue weighted by molar-refractivity contribution is -0.137. The number of ether oxygens (including phenoxy) is 3. The van der Waals surface area contributed by atoms with Crippen LogP contribution in [0.1, 0.15) is 25.8 Å². The Morgan fingerprint density at radius 3 is 1.88 bits per heavy atom. The summed E-state index contributed by atoms with van der Waals surface area (Å²) >= 11 is 1.40. The zero-order chi connectivity index (χ0) is 24.9. The van der Waals surface area contributed by atoms with Crippen LogP contribution in [0.15, 0.2) is 18.2 Å². The highest BCUT2D eigenvalue weighted by atomic mass is 32.2. The van der Waals surface area contributed by atoms with E-state index < -0.39 is 52.4 Å². The van der Waals surface area contributed by atoms with Crippen LogP contribution < -0.4 is 19.5 Å². The van der Waals surface area contributed by atoms with Gasteiger partial charge in [-0.25, -0.2) is 18.0 Å². The smallest absolute Gasteiger partial charge is 0.328 e. The van der Waals surface area contributed by atoms with Crippen LogP contribution in [0, 0.1) is 29.1 Å². The molecule has 0 aromatic heterocycles. The number of esters is 1. The average Bonchev–Trinajstić information content (AvgIpc) is 2.81. The summed E-state index contributed by atoms with van der Waals surface area (Å²) in [6, 6.07) is 3.93. The molecule has 11 heteroatoms. The zero-order valence-electron chi connectivity index (χ0n) is 18.7. The largest absolute Gasteiger partial charge is 0.497 e. The fraction of sp³-hybridized carbons (Fsp3) is 0.409. The molecule has 1 N–H and O–H groups in total. The van der Waals surface area contributed by atoms with Crippen LogP contribution in [-0.4, -0.2) is 38.2 Å². The molecule has 0 amide bonds. The van der Waals surface area contributed by atoms with Crippen molar-refractivity contribution in [1.29, 1.82) is 0 Å². The Morgan fingerprint density at radius 1 is 0.939 bits per heavy atom. The Balaban J connectivity index is 2.38. The van der Waals surface area contributed by atoms with Gasteiger partial charge >= 0.3 is 5.97 Å². The molecule has 2 aromatic rings. The number of hydrogen-bond donors (Lipinski definition) is 1. The van der Waals surface area contributed by atoms with Crippen molar-refractivity contribution in [2.45, 2.75) is 31.8 Å². The molecule has 2 aromatic carbocycles. The number of hydrogen-bond acceptors (Lipinski definition) is 6. The second-order valence-corrected chi connectivity index (χ2v) is 8.51. The van der Waals surface area contributed by atoms with Crippen molar-refractivity contribution in [3.8, 4) is 17.2 Å². The summed E-state index contributed by atoms with van der Waals surface area (Å²) in [5.41, 5.74) is -0.266. The van der Waals surface area contributed by atoms with Crippen LogP contribution in [0.5, 0.6) is 17.2 Å². The van der Waals surface area contributed by atoms with Crippen molar-refractivity contribution in [3.05, 3.63) is 52.8 Å². The van der Waals surface area contributed by atoms with Crippen LogP contribution in [0.3, 0.4) is 0 Å². The number of carbonyl (C=O) groups is 1. The first-order valence-corrected chi connectivity index (χ1v) is 11.1. The van der Waals surface area contributed by atoms with Gasteiger partial charge in [0, 0.05) is 11.6 Å². The summed E-state index contributed by atoms with van der Waals surface area (Å²) in [5.74, 6) is -12.6.